The van der Waals surface area contributed by atoms with Gasteiger partial charge in [-0.2, -0.15) is 0 Å². The molecule has 0 spiro atoms. The number of hydrogen-bond acceptors (Lipinski definition) is 6. The molecule has 0 amide bonds. The van der Waals surface area contributed by atoms with E-state index in [4.69, 9.17) is 4.42 Å². The molecule has 0 aliphatic carbocycles. The number of halogens is 1. The summed E-state index contributed by atoms with van der Waals surface area (Å²) in [6, 6.07) is 16.1. The topological polar surface area (TPSA) is 69.6 Å². The smallest absolute Gasteiger partial charge is 0.247 e. The number of hydrogen-bond donors (Lipinski definition) is 0. The van der Waals surface area contributed by atoms with Gasteiger partial charge in [0.05, 0.1) is 11.3 Å². The molecule has 0 unspecified atom stereocenters. The number of allylic oxidation sites excluding steroid dienone is 1. The number of nitrogens with zero attached hydrogens (tertiary/aromatic N) is 5. The molecule has 0 aliphatic heterocycles. The molecule has 0 bridgehead atoms. The normalized spacial score (nSPS) is 10.9. The maximum Gasteiger partial charge on any atom is 0.247 e. The maximum absolute atomic E-state index is 14.2. The Morgan fingerprint density at radius 1 is 1.00 bits per heavy atom. The summed E-state index contributed by atoms with van der Waals surface area (Å²) >= 11 is 1.39. The third kappa shape index (κ3) is 3.72. The second-order valence-electron chi connectivity index (χ2n) is 5.84. The molecule has 2 heterocycles. The monoisotopic (exact) mass is 393 g/mol. The molecule has 6 nitrogen and oxygen atoms in total. The molecule has 4 rings (SSSR count). The minimum atomic E-state index is -0.346. The van der Waals surface area contributed by atoms with E-state index in [1.807, 2.05) is 34.9 Å². The van der Waals surface area contributed by atoms with E-state index < -0.39 is 0 Å². The fraction of sp³-hybridized carbons (Fsp3) is 0.100. The molecule has 0 N–H and O–H groups in total. The van der Waals surface area contributed by atoms with E-state index in [0.29, 0.717) is 40.6 Å². The summed E-state index contributed by atoms with van der Waals surface area (Å²) in [5.41, 5.74) is 1.26. The average Bonchev–Trinajstić information content (AvgIpc) is 3.35. The summed E-state index contributed by atoms with van der Waals surface area (Å²) < 4.78 is 21.7. The predicted octanol–water partition coefficient (Wildman–Crippen LogP) is 4.61. The lowest BCUT2D eigenvalue weighted by atomic mass is 10.2. The summed E-state index contributed by atoms with van der Waals surface area (Å²) in [4.78, 5) is 0. The first kappa shape index (κ1) is 18.1. The van der Waals surface area contributed by atoms with Gasteiger partial charge in [-0.3, -0.25) is 4.57 Å². The summed E-state index contributed by atoms with van der Waals surface area (Å²) in [6.07, 6.45) is 1.72. The molecule has 0 radical (unpaired) electrons. The van der Waals surface area contributed by atoms with Crippen LogP contribution in [0.3, 0.4) is 0 Å². The van der Waals surface area contributed by atoms with Crippen LogP contribution in [0.1, 0.15) is 5.89 Å². The molecule has 4 aromatic rings. The van der Waals surface area contributed by atoms with Crippen LogP contribution in [0.25, 0.3) is 22.8 Å². The van der Waals surface area contributed by atoms with E-state index in [9.17, 15) is 4.39 Å². The zero-order valence-electron chi connectivity index (χ0n) is 14.8. The molecule has 0 atom stereocenters. The zero-order chi connectivity index (χ0) is 19.3. The molecule has 0 saturated heterocycles. The second kappa shape index (κ2) is 8.18. The largest absolute Gasteiger partial charge is 0.420 e. The second-order valence-corrected chi connectivity index (χ2v) is 6.78. The first-order chi connectivity index (χ1) is 13.8. The Balaban J connectivity index is 1.55. The Kier molecular flexibility index (Phi) is 5.29. The minimum Gasteiger partial charge on any atom is -0.420 e. The molecule has 8 heteroatoms. The van der Waals surface area contributed by atoms with Crippen LogP contribution in [-0.4, -0.2) is 25.0 Å². The van der Waals surface area contributed by atoms with Crippen LogP contribution in [0.4, 0.5) is 4.39 Å². The van der Waals surface area contributed by atoms with Gasteiger partial charge in [0.15, 0.2) is 11.0 Å². The van der Waals surface area contributed by atoms with Crippen LogP contribution in [0.5, 0.6) is 0 Å². The van der Waals surface area contributed by atoms with Crippen molar-refractivity contribution in [2.24, 2.45) is 0 Å². The van der Waals surface area contributed by atoms with Gasteiger partial charge in [0.2, 0.25) is 11.8 Å². The van der Waals surface area contributed by atoms with Gasteiger partial charge in [0.25, 0.3) is 0 Å². The third-order valence-electron chi connectivity index (χ3n) is 3.96. The van der Waals surface area contributed by atoms with Crippen LogP contribution in [0.15, 0.2) is 76.8 Å². The van der Waals surface area contributed by atoms with Crippen LogP contribution in [0, 0.1) is 5.82 Å². The van der Waals surface area contributed by atoms with Gasteiger partial charge in [-0.25, -0.2) is 4.39 Å². The maximum atomic E-state index is 14.2. The number of aromatic nitrogens is 5. The highest BCUT2D eigenvalue weighted by Gasteiger charge is 2.17. The number of benzene rings is 2. The molecule has 140 valence electrons. The molecular weight excluding hydrogens is 377 g/mol. The summed E-state index contributed by atoms with van der Waals surface area (Å²) in [6.45, 7) is 4.23. The summed E-state index contributed by atoms with van der Waals surface area (Å²) in [5.74, 6) is 1.48. The lowest BCUT2D eigenvalue weighted by Gasteiger charge is -2.07. The van der Waals surface area contributed by atoms with E-state index in [0.717, 1.165) is 5.56 Å². The Labute approximate surface area is 165 Å². The van der Waals surface area contributed by atoms with Gasteiger partial charge < -0.3 is 4.42 Å². The number of thioether (sulfide) groups is 1. The summed E-state index contributed by atoms with van der Waals surface area (Å²) in [5, 5.41) is 17.2. The van der Waals surface area contributed by atoms with Gasteiger partial charge in [-0.05, 0) is 24.3 Å². The van der Waals surface area contributed by atoms with Crippen molar-refractivity contribution in [3.63, 3.8) is 0 Å². The van der Waals surface area contributed by atoms with Crippen molar-refractivity contribution in [3.05, 3.63) is 79.0 Å². The van der Waals surface area contributed by atoms with Crippen molar-refractivity contribution in [1.82, 2.24) is 25.0 Å². The van der Waals surface area contributed by atoms with Crippen LogP contribution < -0.4 is 0 Å². The Morgan fingerprint density at radius 3 is 2.57 bits per heavy atom. The van der Waals surface area contributed by atoms with Gasteiger partial charge in [0.1, 0.15) is 5.82 Å². The van der Waals surface area contributed by atoms with Crippen molar-refractivity contribution in [2.45, 2.75) is 17.5 Å². The third-order valence-corrected chi connectivity index (χ3v) is 4.91. The Hall–Kier alpha value is -3.26. The van der Waals surface area contributed by atoms with Gasteiger partial charge in [-0.15, -0.1) is 27.0 Å². The molecule has 2 aromatic heterocycles. The number of rotatable bonds is 7. The minimum absolute atomic E-state index is 0.346. The van der Waals surface area contributed by atoms with E-state index in [1.54, 1.807) is 24.3 Å². The highest BCUT2D eigenvalue weighted by molar-refractivity contribution is 7.98. The van der Waals surface area contributed by atoms with Crippen LogP contribution >= 0.6 is 11.8 Å². The highest BCUT2D eigenvalue weighted by atomic mass is 32.2. The zero-order valence-corrected chi connectivity index (χ0v) is 15.6. The summed E-state index contributed by atoms with van der Waals surface area (Å²) in [7, 11) is 0. The lowest BCUT2D eigenvalue weighted by Crippen LogP contribution is -2.01. The highest BCUT2D eigenvalue weighted by Crippen LogP contribution is 2.28. The Morgan fingerprint density at radius 2 is 1.79 bits per heavy atom. The van der Waals surface area contributed by atoms with Gasteiger partial charge in [-0.1, -0.05) is 48.2 Å². The average molecular weight is 393 g/mol. The van der Waals surface area contributed by atoms with Crippen LogP contribution in [0.2, 0.25) is 0 Å². The van der Waals surface area contributed by atoms with Gasteiger partial charge >= 0.3 is 0 Å². The standard InChI is InChI=1S/C20H16FN5OS/c1-2-12-26-18(15-10-6-7-11-16(15)21)23-25-20(26)28-13-17-22-24-19(27-17)14-8-4-3-5-9-14/h2-11H,1,12-13H2. The van der Waals surface area contributed by atoms with E-state index >= 15 is 0 Å². The molecule has 0 aliphatic rings. The van der Waals surface area contributed by atoms with Crippen molar-refractivity contribution >= 4 is 11.8 Å². The first-order valence-electron chi connectivity index (χ1n) is 8.56. The quantitative estimate of drug-likeness (QED) is 0.337. The molecule has 0 saturated carbocycles. The Bertz CT molecular complexity index is 1090. The molecule has 28 heavy (non-hydrogen) atoms. The molecule has 0 fully saturated rings. The van der Waals surface area contributed by atoms with Crippen molar-refractivity contribution < 1.29 is 8.81 Å². The first-order valence-corrected chi connectivity index (χ1v) is 9.54. The van der Waals surface area contributed by atoms with E-state index in [-0.39, 0.29) is 5.82 Å². The fourth-order valence-corrected chi connectivity index (χ4v) is 3.45. The SMILES string of the molecule is C=CCn1c(SCc2nnc(-c3ccccc3)o2)nnc1-c1ccccc1F. The lowest BCUT2D eigenvalue weighted by molar-refractivity contribution is 0.528. The van der Waals surface area contributed by atoms with E-state index in [1.165, 1.54) is 17.8 Å². The van der Waals surface area contributed by atoms with Gasteiger partial charge in [0, 0.05) is 12.1 Å². The fourth-order valence-electron chi connectivity index (χ4n) is 2.67. The predicted molar refractivity (Wildman–Crippen MR) is 105 cm³/mol. The van der Waals surface area contributed by atoms with Crippen LogP contribution in [-0.2, 0) is 12.3 Å². The molecular formula is C20H16FN5OS. The van der Waals surface area contributed by atoms with E-state index in [2.05, 4.69) is 27.0 Å². The van der Waals surface area contributed by atoms with Crippen molar-refractivity contribution in [1.29, 1.82) is 0 Å². The van der Waals surface area contributed by atoms with Crippen molar-refractivity contribution in [2.75, 3.05) is 0 Å². The van der Waals surface area contributed by atoms with Crippen molar-refractivity contribution in [3.8, 4) is 22.8 Å². The molecule has 2 aromatic carbocycles.